The van der Waals surface area contributed by atoms with Crippen molar-refractivity contribution in [3.63, 3.8) is 0 Å². The molecule has 1 aliphatic heterocycles. The van der Waals surface area contributed by atoms with E-state index in [0.717, 1.165) is 36.6 Å². The average Bonchev–Trinajstić information content (AvgIpc) is 2.50. The Morgan fingerprint density at radius 1 is 1.55 bits per heavy atom. The van der Waals surface area contributed by atoms with Crippen molar-refractivity contribution in [3.05, 3.63) is 23.5 Å². The monoisotopic (exact) mass is 149 g/mol. The normalized spacial score (nSPS) is 14.3. The summed E-state index contributed by atoms with van der Waals surface area (Å²) in [7, 11) is 0. The Labute approximate surface area is 66.2 Å². The van der Waals surface area contributed by atoms with Crippen LogP contribution in [0.5, 0.6) is 5.75 Å². The van der Waals surface area contributed by atoms with Gasteiger partial charge in [-0.25, -0.2) is 0 Å². The highest BCUT2D eigenvalue weighted by Gasteiger charge is 2.12. The Hall–Kier alpha value is -1.05. The molecule has 2 heterocycles. The summed E-state index contributed by atoms with van der Waals surface area (Å²) >= 11 is 0. The smallest absolute Gasteiger partial charge is 0.140 e. The fraction of sp³-hybridized carbons (Fsp3) is 0.444. The van der Waals surface area contributed by atoms with Gasteiger partial charge in [0.05, 0.1) is 12.3 Å². The molecule has 0 atom stereocenters. The fourth-order valence-corrected chi connectivity index (χ4v) is 1.30. The summed E-state index contributed by atoms with van der Waals surface area (Å²) in [5.41, 5.74) is 2.29. The molecule has 0 unspecified atom stereocenters. The first-order valence-corrected chi connectivity index (χ1v) is 4.01. The number of aryl methyl sites for hydroxylation is 1. The molecular formula is C9H11NO. The molecule has 0 saturated carbocycles. The van der Waals surface area contributed by atoms with Crippen LogP contribution in [0.25, 0.3) is 0 Å². The zero-order valence-electron chi connectivity index (χ0n) is 6.63. The Morgan fingerprint density at radius 2 is 2.45 bits per heavy atom. The predicted octanol–water partition coefficient (Wildman–Crippen LogP) is 1.58. The van der Waals surface area contributed by atoms with Crippen molar-refractivity contribution in [2.24, 2.45) is 0 Å². The van der Waals surface area contributed by atoms with E-state index in [1.807, 2.05) is 12.1 Å². The van der Waals surface area contributed by atoms with Gasteiger partial charge in [0.1, 0.15) is 5.75 Å². The van der Waals surface area contributed by atoms with Crippen molar-refractivity contribution in [1.82, 2.24) is 4.98 Å². The van der Waals surface area contributed by atoms with Crippen LogP contribution in [0.3, 0.4) is 0 Å². The predicted molar refractivity (Wildman–Crippen MR) is 42.8 cm³/mol. The highest BCUT2D eigenvalue weighted by Crippen LogP contribution is 2.22. The van der Waals surface area contributed by atoms with Crippen LogP contribution in [-0.2, 0) is 12.8 Å². The fourth-order valence-electron chi connectivity index (χ4n) is 1.30. The number of rotatable bonds is 1. The SMILES string of the molecule is CCc1ccc2c(n1)CCO2. The summed E-state index contributed by atoms with van der Waals surface area (Å²) in [6, 6.07) is 4.05. The molecule has 0 N–H and O–H groups in total. The second-order valence-electron chi connectivity index (χ2n) is 2.70. The molecule has 0 radical (unpaired) electrons. The van der Waals surface area contributed by atoms with Crippen LogP contribution < -0.4 is 4.74 Å². The first-order chi connectivity index (χ1) is 5.40. The van der Waals surface area contributed by atoms with Gasteiger partial charge in [-0.15, -0.1) is 0 Å². The molecule has 0 fully saturated rings. The molecule has 0 aromatic carbocycles. The third-order valence-corrected chi connectivity index (χ3v) is 1.95. The minimum Gasteiger partial charge on any atom is -0.491 e. The van der Waals surface area contributed by atoms with E-state index < -0.39 is 0 Å². The highest BCUT2D eigenvalue weighted by molar-refractivity contribution is 5.32. The molecule has 1 aromatic heterocycles. The maximum atomic E-state index is 5.34. The molecular weight excluding hydrogens is 138 g/mol. The Bertz CT molecular complexity index is 270. The van der Waals surface area contributed by atoms with Gasteiger partial charge in [-0.05, 0) is 18.6 Å². The van der Waals surface area contributed by atoms with E-state index in [0.29, 0.717) is 0 Å². The van der Waals surface area contributed by atoms with E-state index in [1.165, 1.54) is 0 Å². The molecule has 2 heteroatoms. The minimum atomic E-state index is 0.801. The standard InChI is InChI=1S/C9H11NO/c1-2-7-3-4-9-8(10-7)5-6-11-9/h3-4H,2,5-6H2,1H3. The van der Waals surface area contributed by atoms with Crippen LogP contribution in [0.2, 0.25) is 0 Å². The van der Waals surface area contributed by atoms with Crippen molar-refractivity contribution in [2.75, 3.05) is 6.61 Å². The lowest BCUT2D eigenvalue weighted by Gasteiger charge is -1.99. The second kappa shape index (κ2) is 2.53. The number of hydrogen-bond donors (Lipinski definition) is 0. The summed E-state index contributed by atoms with van der Waals surface area (Å²) in [5, 5.41) is 0. The summed E-state index contributed by atoms with van der Waals surface area (Å²) < 4.78 is 5.34. The molecule has 0 amide bonds. The number of fused-ring (bicyclic) bond motifs is 1. The average molecular weight is 149 g/mol. The maximum Gasteiger partial charge on any atom is 0.140 e. The van der Waals surface area contributed by atoms with Crippen LogP contribution in [0.1, 0.15) is 18.3 Å². The number of pyridine rings is 1. The lowest BCUT2D eigenvalue weighted by molar-refractivity contribution is 0.357. The zero-order valence-corrected chi connectivity index (χ0v) is 6.63. The van der Waals surface area contributed by atoms with Crippen molar-refractivity contribution in [2.45, 2.75) is 19.8 Å². The van der Waals surface area contributed by atoms with E-state index in [-0.39, 0.29) is 0 Å². The van der Waals surface area contributed by atoms with Gasteiger partial charge in [0.2, 0.25) is 0 Å². The minimum absolute atomic E-state index is 0.801. The topological polar surface area (TPSA) is 22.1 Å². The second-order valence-corrected chi connectivity index (χ2v) is 2.70. The Morgan fingerprint density at radius 3 is 3.27 bits per heavy atom. The van der Waals surface area contributed by atoms with Crippen LogP contribution >= 0.6 is 0 Å². The maximum absolute atomic E-state index is 5.34. The van der Waals surface area contributed by atoms with Gasteiger partial charge in [-0.2, -0.15) is 0 Å². The lowest BCUT2D eigenvalue weighted by atomic mass is 10.2. The highest BCUT2D eigenvalue weighted by atomic mass is 16.5. The molecule has 0 bridgehead atoms. The van der Waals surface area contributed by atoms with Crippen molar-refractivity contribution in [3.8, 4) is 5.75 Å². The molecule has 1 aromatic rings. The van der Waals surface area contributed by atoms with Crippen LogP contribution in [0.15, 0.2) is 12.1 Å². The van der Waals surface area contributed by atoms with E-state index in [2.05, 4.69) is 11.9 Å². The zero-order chi connectivity index (χ0) is 7.68. The number of hydrogen-bond acceptors (Lipinski definition) is 2. The van der Waals surface area contributed by atoms with Gasteiger partial charge in [0.25, 0.3) is 0 Å². The molecule has 0 aliphatic carbocycles. The van der Waals surface area contributed by atoms with Crippen molar-refractivity contribution in [1.29, 1.82) is 0 Å². The summed E-state index contributed by atoms with van der Waals surface area (Å²) in [6.07, 6.45) is 1.98. The van der Waals surface area contributed by atoms with Gasteiger partial charge in [-0.3, -0.25) is 4.98 Å². The third-order valence-electron chi connectivity index (χ3n) is 1.95. The molecule has 2 nitrogen and oxygen atoms in total. The van der Waals surface area contributed by atoms with Crippen LogP contribution in [-0.4, -0.2) is 11.6 Å². The van der Waals surface area contributed by atoms with Crippen LogP contribution in [0.4, 0.5) is 0 Å². The molecule has 1 aliphatic rings. The molecule has 58 valence electrons. The quantitative estimate of drug-likeness (QED) is 0.604. The number of aromatic nitrogens is 1. The molecule has 2 rings (SSSR count). The summed E-state index contributed by atoms with van der Waals surface area (Å²) in [5.74, 6) is 0.974. The first kappa shape index (κ1) is 6.65. The lowest BCUT2D eigenvalue weighted by Crippen LogP contribution is -1.90. The largest absolute Gasteiger partial charge is 0.491 e. The Balaban J connectivity index is 2.41. The molecule has 0 saturated heterocycles. The molecule has 0 spiro atoms. The van der Waals surface area contributed by atoms with E-state index in [1.54, 1.807) is 0 Å². The van der Waals surface area contributed by atoms with E-state index >= 15 is 0 Å². The van der Waals surface area contributed by atoms with E-state index in [4.69, 9.17) is 4.74 Å². The number of nitrogens with zero attached hydrogens (tertiary/aromatic N) is 1. The Kier molecular flexibility index (Phi) is 1.53. The third kappa shape index (κ3) is 1.09. The van der Waals surface area contributed by atoms with Gasteiger partial charge in [0.15, 0.2) is 0 Å². The van der Waals surface area contributed by atoms with Crippen molar-refractivity contribution >= 4 is 0 Å². The van der Waals surface area contributed by atoms with E-state index in [9.17, 15) is 0 Å². The summed E-state index contributed by atoms with van der Waals surface area (Å²) in [4.78, 5) is 4.45. The van der Waals surface area contributed by atoms with Crippen molar-refractivity contribution < 1.29 is 4.74 Å². The van der Waals surface area contributed by atoms with Crippen LogP contribution in [0, 0.1) is 0 Å². The number of ether oxygens (including phenoxy) is 1. The summed E-state index contributed by atoms with van der Waals surface area (Å²) in [6.45, 7) is 2.92. The van der Waals surface area contributed by atoms with Gasteiger partial charge in [0, 0.05) is 12.1 Å². The first-order valence-electron chi connectivity index (χ1n) is 4.01. The van der Waals surface area contributed by atoms with Gasteiger partial charge in [-0.1, -0.05) is 6.92 Å². The van der Waals surface area contributed by atoms with Gasteiger partial charge >= 0.3 is 0 Å². The van der Waals surface area contributed by atoms with Gasteiger partial charge < -0.3 is 4.74 Å². The molecule has 11 heavy (non-hydrogen) atoms.